The number of alkyl halides is 1. The van der Waals surface area contributed by atoms with Crippen molar-refractivity contribution >= 4 is 21.4 Å². The maximum atomic E-state index is 14.6. The Morgan fingerprint density at radius 1 is 1.35 bits per heavy atom. The van der Waals surface area contributed by atoms with Crippen molar-refractivity contribution < 1.29 is 4.39 Å². The third-order valence-electron chi connectivity index (χ3n) is 3.42. The Bertz CT molecular complexity index is 506. The van der Waals surface area contributed by atoms with Crippen LogP contribution in [0.3, 0.4) is 0 Å². The number of hydrogen-bond acceptors (Lipinski definition) is 2. The highest BCUT2D eigenvalue weighted by molar-refractivity contribution is 7.17. The van der Waals surface area contributed by atoms with Crippen molar-refractivity contribution in [2.24, 2.45) is 11.7 Å². The summed E-state index contributed by atoms with van der Waals surface area (Å²) in [5.74, 6) is -0.0637. The van der Waals surface area contributed by atoms with Crippen molar-refractivity contribution in [3.05, 3.63) is 35.2 Å². The zero-order valence-electron chi connectivity index (χ0n) is 10.2. The van der Waals surface area contributed by atoms with Gasteiger partial charge in [-0.1, -0.05) is 32.0 Å². The van der Waals surface area contributed by atoms with E-state index in [0.29, 0.717) is 6.42 Å². The predicted octanol–water partition coefficient (Wildman–Crippen LogP) is 3.77. The number of benzene rings is 1. The van der Waals surface area contributed by atoms with Gasteiger partial charge in [-0.15, -0.1) is 11.3 Å². The van der Waals surface area contributed by atoms with E-state index < -0.39 is 5.67 Å². The summed E-state index contributed by atoms with van der Waals surface area (Å²) in [6.45, 7) is 3.86. The molecule has 1 unspecified atom stereocenters. The van der Waals surface area contributed by atoms with Crippen LogP contribution in [0.15, 0.2) is 29.6 Å². The highest BCUT2D eigenvalue weighted by Crippen LogP contribution is 2.32. The molecule has 0 aliphatic rings. The Balaban J connectivity index is 2.35. The molecule has 0 fully saturated rings. The summed E-state index contributed by atoms with van der Waals surface area (Å²) in [4.78, 5) is 0. The Kier molecular flexibility index (Phi) is 3.50. The number of thiophene rings is 1. The number of hydrogen-bond donors (Lipinski definition) is 1. The summed E-state index contributed by atoms with van der Waals surface area (Å²) >= 11 is 1.67. The van der Waals surface area contributed by atoms with Crippen molar-refractivity contribution in [3.63, 3.8) is 0 Å². The van der Waals surface area contributed by atoms with Crippen LogP contribution in [0.2, 0.25) is 0 Å². The smallest absolute Gasteiger partial charge is 0.129 e. The van der Waals surface area contributed by atoms with Crippen LogP contribution in [0.25, 0.3) is 10.1 Å². The average molecular weight is 251 g/mol. The quantitative estimate of drug-likeness (QED) is 0.879. The maximum absolute atomic E-state index is 14.6. The molecule has 17 heavy (non-hydrogen) atoms. The molecule has 0 saturated heterocycles. The van der Waals surface area contributed by atoms with Crippen LogP contribution in [-0.2, 0) is 6.42 Å². The number of rotatable bonds is 4. The van der Waals surface area contributed by atoms with Gasteiger partial charge in [-0.05, 0) is 28.3 Å². The second kappa shape index (κ2) is 4.75. The van der Waals surface area contributed by atoms with Gasteiger partial charge in [0.25, 0.3) is 0 Å². The van der Waals surface area contributed by atoms with Gasteiger partial charge in [0.05, 0.1) is 0 Å². The fraction of sp³-hybridized carbons (Fsp3) is 0.429. The Morgan fingerprint density at radius 3 is 2.71 bits per heavy atom. The van der Waals surface area contributed by atoms with E-state index in [2.05, 4.69) is 17.5 Å². The molecule has 1 atom stereocenters. The minimum atomic E-state index is -1.30. The summed E-state index contributed by atoms with van der Waals surface area (Å²) in [5, 5.41) is 3.21. The lowest BCUT2D eigenvalue weighted by Gasteiger charge is -2.27. The molecule has 0 bridgehead atoms. The lowest BCUT2D eigenvalue weighted by atomic mass is 9.86. The molecule has 0 spiro atoms. The molecule has 2 rings (SSSR count). The van der Waals surface area contributed by atoms with E-state index in [1.54, 1.807) is 11.3 Å². The number of halogens is 1. The van der Waals surface area contributed by atoms with Crippen molar-refractivity contribution in [1.82, 2.24) is 0 Å². The topological polar surface area (TPSA) is 26.0 Å². The van der Waals surface area contributed by atoms with Gasteiger partial charge in [0.1, 0.15) is 5.67 Å². The van der Waals surface area contributed by atoms with Gasteiger partial charge < -0.3 is 5.73 Å². The van der Waals surface area contributed by atoms with Gasteiger partial charge >= 0.3 is 0 Å². The normalized spacial score (nSPS) is 15.4. The van der Waals surface area contributed by atoms with Crippen LogP contribution in [0.1, 0.15) is 19.4 Å². The van der Waals surface area contributed by atoms with Crippen LogP contribution in [-0.4, -0.2) is 12.2 Å². The van der Waals surface area contributed by atoms with Crippen molar-refractivity contribution in [3.8, 4) is 0 Å². The van der Waals surface area contributed by atoms with Crippen molar-refractivity contribution in [1.29, 1.82) is 0 Å². The lowest BCUT2D eigenvalue weighted by Crippen LogP contribution is -2.40. The van der Waals surface area contributed by atoms with E-state index >= 15 is 0 Å². The van der Waals surface area contributed by atoms with E-state index in [1.165, 1.54) is 4.70 Å². The minimum Gasteiger partial charge on any atom is -0.328 e. The molecule has 0 aliphatic carbocycles. The largest absolute Gasteiger partial charge is 0.328 e. The third kappa shape index (κ3) is 2.35. The fourth-order valence-electron chi connectivity index (χ4n) is 2.00. The first-order valence-electron chi connectivity index (χ1n) is 5.91. The van der Waals surface area contributed by atoms with E-state index in [9.17, 15) is 4.39 Å². The van der Waals surface area contributed by atoms with Gasteiger partial charge in [0, 0.05) is 17.7 Å². The van der Waals surface area contributed by atoms with Crippen LogP contribution >= 0.6 is 11.3 Å². The highest BCUT2D eigenvalue weighted by atomic mass is 32.1. The van der Waals surface area contributed by atoms with Crippen molar-refractivity contribution in [2.45, 2.75) is 25.9 Å². The van der Waals surface area contributed by atoms with Crippen LogP contribution in [0.4, 0.5) is 4.39 Å². The molecular formula is C14H18FNS. The van der Waals surface area contributed by atoms with E-state index in [4.69, 9.17) is 5.73 Å². The standard InChI is InChI=1S/C14H18FNS/c1-10(2)14(15,9-16)7-11-8-17-13-6-4-3-5-12(11)13/h3-6,8,10H,7,9,16H2,1-2H3. The van der Waals surface area contributed by atoms with Gasteiger partial charge in [0.15, 0.2) is 0 Å². The van der Waals surface area contributed by atoms with Gasteiger partial charge in [0.2, 0.25) is 0 Å². The molecule has 2 aromatic rings. The van der Waals surface area contributed by atoms with Gasteiger partial charge in [-0.2, -0.15) is 0 Å². The Hall–Kier alpha value is -0.930. The lowest BCUT2D eigenvalue weighted by molar-refractivity contribution is 0.111. The molecule has 1 aromatic carbocycles. The fourth-order valence-corrected chi connectivity index (χ4v) is 2.96. The number of fused-ring (bicyclic) bond motifs is 1. The predicted molar refractivity (Wildman–Crippen MR) is 73.3 cm³/mol. The zero-order chi connectivity index (χ0) is 12.5. The second-order valence-electron chi connectivity index (χ2n) is 4.83. The molecule has 3 heteroatoms. The summed E-state index contributed by atoms with van der Waals surface area (Å²) in [6, 6.07) is 8.13. The molecule has 1 nitrogen and oxygen atoms in total. The van der Waals surface area contributed by atoms with Gasteiger partial charge in [-0.25, -0.2) is 4.39 Å². The Labute approximate surface area is 105 Å². The molecule has 2 N–H and O–H groups in total. The van der Waals surface area contributed by atoms with Gasteiger partial charge in [-0.3, -0.25) is 0 Å². The monoisotopic (exact) mass is 251 g/mol. The minimum absolute atomic E-state index is 0.0637. The SMILES string of the molecule is CC(C)C(F)(CN)Cc1csc2ccccc12. The van der Waals surface area contributed by atoms with Crippen LogP contribution in [0.5, 0.6) is 0 Å². The first-order chi connectivity index (χ1) is 8.07. The van der Waals surface area contributed by atoms with E-state index in [0.717, 1.165) is 10.9 Å². The highest BCUT2D eigenvalue weighted by Gasteiger charge is 2.33. The van der Waals surface area contributed by atoms with Crippen LogP contribution in [0, 0.1) is 5.92 Å². The summed E-state index contributed by atoms with van der Waals surface area (Å²) in [7, 11) is 0. The summed E-state index contributed by atoms with van der Waals surface area (Å²) < 4.78 is 15.8. The molecule has 92 valence electrons. The molecule has 0 aliphatic heterocycles. The summed E-state index contributed by atoms with van der Waals surface area (Å²) in [6.07, 6.45) is 0.408. The first kappa shape index (κ1) is 12.5. The second-order valence-corrected chi connectivity index (χ2v) is 5.74. The molecule has 1 heterocycles. The Morgan fingerprint density at radius 2 is 2.06 bits per heavy atom. The van der Waals surface area contributed by atoms with Crippen molar-refractivity contribution in [2.75, 3.05) is 6.54 Å². The third-order valence-corrected chi connectivity index (χ3v) is 4.43. The number of nitrogens with two attached hydrogens (primary N) is 1. The van der Waals surface area contributed by atoms with Crippen LogP contribution < -0.4 is 5.73 Å². The summed E-state index contributed by atoms with van der Waals surface area (Å²) in [5.41, 5.74) is 5.37. The first-order valence-corrected chi connectivity index (χ1v) is 6.79. The average Bonchev–Trinajstić information content (AvgIpc) is 2.72. The van der Waals surface area contributed by atoms with E-state index in [1.807, 2.05) is 26.0 Å². The molecule has 0 amide bonds. The molecule has 1 aromatic heterocycles. The molecule has 0 radical (unpaired) electrons. The molecular weight excluding hydrogens is 233 g/mol. The van der Waals surface area contributed by atoms with E-state index in [-0.39, 0.29) is 12.5 Å². The molecule has 0 saturated carbocycles. The maximum Gasteiger partial charge on any atom is 0.129 e. The zero-order valence-corrected chi connectivity index (χ0v) is 11.1.